The molecule has 1 aliphatic heterocycles. The molecule has 0 aromatic carbocycles. The van der Waals surface area contributed by atoms with Crippen LogP contribution in [0, 0.1) is 0 Å². The molecule has 1 atom stereocenters. The van der Waals surface area contributed by atoms with Crippen LogP contribution < -0.4 is 5.32 Å². The summed E-state index contributed by atoms with van der Waals surface area (Å²) >= 11 is 0. The fraction of sp³-hybridized carbons (Fsp3) is 0.812. The molecule has 1 unspecified atom stereocenters. The average Bonchev–Trinajstić information content (AvgIpc) is 3.70. The van der Waals surface area contributed by atoms with Crippen molar-refractivity contribution in [2.24, 2.45) is 0 Å². The Labute approximate surface area is 335 Å². The van der Waals surface area contributed by atoms with Crippen molar-refractivity contribution in [2.75, 3.05) is 52.6 Å². The molecule has 0 radical (unpaired) electrons. The van der Waals surface area contributed by atoms with Gasteiger partial charge in [-0.2, -0.15) is 0 Å². The molecule has 6 nitrogen and oxygen atoms in total. The minimum absolute atomic E-state index is 0.0319. The van der Waals surface area contributed by atoms with Crippen LogP contribution in [-0.2, 0) is 14.2 Å². The number of hydrogen-bond acceptors (Lipinski definition) is 5. The third kappa shape index (κ3) is 37.1. The third-order valence-electron chi connectivity index (χ3n) is 10.3. The molecule has 1 aliphatic rings. The fourth-order valence-electron chi connectivity index (χ4n) is 6.80. The second kappa shape index (κ2) is 42.3. The van der Waals surface area contributed by atoms with Crippen molar-refractivity contribution in [3.05, 3.63) is 48.6 Å². The molecule has 0 aromatic heterocycles. The molecular formula is C48H88N2O4. The van der Waals surface area contributed by atoms with Gasteiger partial charge in [0, 0.05) is 26.2 Å². The van der Waals surface area contributed by atoms with Crippen molar-refractivity contribution >= 4 is 6.09 Å². The van der Waals surface area contributed by atoms with E-state index >= 15 is 0 Å². The van der Waals surface area contributed by atoms with Crippen LogP contribution in [-0.4, -0.2) is 69.7 Å². The first-order chi connectivity index (χ1) is 26.8. The minimum atomic E-state index is -0.317. The largest absolute Gasteiger partial charge is 0.449 e. The number of alkyl carbamates (subject to hydrolysis) is 1. The SMILES string of the molecule is CCCCCC=CCC=CCCCCCCCCOCC(CCOC(=O)NCCCN1CCCC1)OCCCCCCCCC=CCC=CCCCCC. The number of nitrogens with one attached hydrogen (secondary N) is 1. The summed E-state index contributed by atoms with van der Waals surface area (Å²) in [4.78, 5) is 14.7. The average molecular weight is 757 g/mol. The number of unbranched alkanes of at least 4 members (excludes halogenated alkanes) is 18. The van der Waals surface area contributed by atoms with Gasteiger partial charge in [-0.15, -0.1) is 0 Å². The zero-order chi connectivity index (χ0) is 38.7. The Morgan fingerprint density at radius 1 is 0.574 bits per heavy atom. The summed E-state index contributed by atoms with van der Waals surface area (Å²) in [7, 11) is 0. The highest BCUT2D eigenvalue weighted by atomic mass is 16.6. The summed E-state index contributed by atoms with van der Waals surface area (Å²) in [5.41, 5.74) is 0. The fourth-order valence-corrected chi connectivity index (χ4v) is 6.80. The molecule has 6 heteroatoms. The molecular weight excluding hydrogens is 669 g/mol. The Morgan fingerprint density at radius 3 is 1.59 bits per heavy atom. The summed E-state index contributed by atoms with van der Waals surface area (Å²) in [6, 6.07) is 0. The van der Waals surface area contributed by atoms with Crippen molar-refractivity contribution in [1.29, 1.82) is 0 Å². The van der Waals surface area contributed by atoms with E-state index in [1.807, 2.05) is 0 Å². The van der Waals surface area contributed by atoms with E-state index in [2.05, 4.69) is 72.7 Å². The van der Waals surface area contributed by atoms with Crippen molar-refractivity contribution in [3.8, 4) is 0 Å². The molecule has 1 amide bonds. The molecule has 0 aliphatic carbocycles. The summed E-state index contributed by atoms with van der Waals surface area (Å²) in [5, 5.41) is 2.92. The van der Waals surface area contributed by atoms with Gasteiger partial charge in [0.25, 0.3) is 0 Å². The zero-order valence-corrected chi connectivity index (χ0v) is 35.7. The van der Waals surface area contributed by atoms with Crippen LogP contribution in [0.2, 0.25) is 0 Å². The normalized spacial score (nSPS) is 14.5. The second-order valence-corrected chi connectivity index (χ2v) is 15.5. The van der Waals surface area contributed by atoms with E-state index in [1.54, 1.807) is 0 Å². The predicted octanol–water partition coefficient (Wildman–Crippen LogP) is 13.6. The lowest BCUT2D eigenvalue weighted by Crippen LogP contribution is -2.30. The van der Waals surface area contributed by atoms with Crippen molar-refractivity contribution in [2.45, 2.75) is 200 Å². The number of nitrogens with zero attached hydrogens (tertiary/aromatic N) is 1. The van der Waals surface area contributed by atoms with Gasteiger partial charge in [-0.1, -0.05) is 140 Å². The van der Waals surface area contributed by atoms with Gasteiger partial charge >= 0.3 is 6.09 Å². The Kier molecular flexibility index (Phi) is 39.2. The number of amides is 1. The van der Waals surface area contributed by atoms with E-state index in [9.17, 15) is 4.79 Å². The van der Waals surface area contributed by atoms with E-state index in [-0.39, 0.29) is 12.2 Å². The maximum atomic E-state index is 12.2. The minimum Gasteiger partial charge on any atom is -0.449 e. The molecule has 1 fully saturated rings. The van der Waals surface area contributed by atoms with Crippen molar-refractivity contribution in [1.82, 2.24) is 10.2 Å². The zero-order valence-electron chi connectivity index (χ0n) is 35.7. The molecule has 1 heterocycles. The van der Waals surface area contributed by atoms with E-state index in [4.69, 9.17) is 14.2 Å². The summed E-state index contributed by atoms with van der Waals surface area (Å²) in [5.74, 6) is 0. The van der Waals surface area contributed by atoms with E-state index in [1.165, 1.54) is 154 Å². The lowest BCUT2D eigenvalue weighted by Gasteiger charge is -2.18. The first-order valence-corrected chi connectivity index (χ1v) is 23.2. The molecule has 0 spiro atoms. The van der Waals surface area contributed by atoms with E-state index in [0.29, 0.717) is 26.2 Å². The van der Waals surface area contributed by atoms with Crippen LogP contribution in [0.4, 0.5) is 4.79 Å². The van der Waals surface area contributed by atoms with Crippen LogP contribution in [0.3, 0.4) is 0 Å². The predicted molar refractivity (Wildman–Crippen MR) is 234 cm³/mol. The van der Waals surface area contributed by atoms with Gasteiger partial charge < -0.3 is 24.4 Å². The number of allylic oxidation sites excluding steroid dienone is 8. The molecule has 1 rings (SSSR count). The highest BCUT2D eigenvalue weighted by molar-refractivity contribution is 5.66. The molecule has 314 valence electrons. The molecule has 0 aromatic rings. The van der Waals surface area contributed by atoms with E-state index < -0.39 is 0 Å². The lowest BCUT2D eigenvalue weighted by molar-refractivity contribution is -0.0298. The van der Waals surface area contributed by atoms with Gasteiger partial charge in [-0.3, -0.25) is 0 Å². The van der Waals surface area contributed by atoms with Gasteiger partial charge in [0.15, 0.2) is 0 Å². The summed E-state index contributed by atoms with van der Waals surface area (Å²) in [6.45, 7) is 11.1. The number of carbonyl (C=O) groups is 1. The Morgan fingerprint density at radius 2 is 1.06 bits per heavy atom. The molecule has 0 saturated carbocycles. The van der Waals surface area contributed by atoms with Crippen LogP contribution in [0.15, 0.2) is 48.6 Å². The molecule has 1 saturated heterocycles. The summed E-state index contributed by atoms with van der Waals surface area (Å²) in [6.07, 6.45) is 52.4. The highest BCUT2D eigenvalue weighted by Gasteiger charge is 2.13. The van der Waals surface area contributed by atoms with Gasteiger partial charge in [0.1, 0.15) is 0 Å². The van der Waals surface area contributed by atoms with Crippen LogP contribution >= 0.6 is 0 Å². The number of carbonyl (C=O) groups excluding carboxylic acids is 1. The first-order valence-electron chi connectivity index (χ1n) is 23.2. The van der Waals surface area contributed by atoms with Gasteiger partial charge in [-0.25, -0.2) is 4.79 Å². The number of likely N-dealkylation sites (tertiary alicyclic amines) is 1. The Hall–Kier alpha value is -1.89. The monoisotopic (exact) mass is 757 g/mol. The Balaban J connectivity index is 2.14. The topological polar surface area (TPSA) is 60.0 Å². The first kappa shape index (κ1) is 50.1. The molecule has 1 N–H and O–H groups in total. The van der Waals surface area contributed by atoms with E-state index in [0.717, 1.165) is 51.9 Å². The number of ether oxygens (including phenoxy) is 3. The van der Waals surface area contributed by atoms with Gasteiger partial charge in [0.2, 0.25) is 0 Å². The number of hydrogen-bond donors (Lipinski definition) is 1. The molecule has 54 heavy (non-hydrogen) atoms. The Bertz CT molecular complexity index is 895. The maximum absolute atomic E-state index is 12.2. The lowest BCUT2D eigenvalue weighted by atomic mass is 10.1. The third-order valence-corrected chi connectivity index (χ3v) is 10.3. The number of rotatable bonds is 40. The van der Waals surface area contributed by atoms with Gasteiger partial charge in [0.05, 0.1) is 19.3 Å². The van der Waals surface area contributed by atoms with Crippen LogP contribution in [0.25, 0.3) is 0 Å². The summed E-state index contributed by atoms with van der Waals surface area (Å²) < 4.78 is 17.8. The highest BCUT2D eigenvalue weighted by Crippen LogP contribution is 2.12. The maximum Gasteiger partial charge on any atom is 0.407 e. The molecule has 0 bridgehead atoms. The van der Waals surface area contributed by atoms with Crippen molar-refractivity contribution < 1.29 is 19.0 Å². The standard InChI is InChI=1S/C48H88N2O4/c1-3-5-7-9-11-13-15-17-19-21-23-25-27-29-31-35-43-52-46-47(38-45-54-48(51)49-39-37-42-50-40-33-34-41-50)53-44-36-32-30-28-26-24-22-20-18-16-14-12-10-8-6-4-2/h11-14,17-20,47H,3-10,15-16,21-46H2,1-2H3,(H,49,51). The van der Waals surface area contributed by atoms with Crippen LogP contribution in [0.1, 0.15) is 194 Å². The van der Waals surface area contributed by atoms with Crippen molar-refractivity contribution in [3.63, 3.8) is 0 Å². The van der Waals surface area contributed by atoms with Gasteiger partial charge in [-0.05, 0) is 116 Å². The quantitative estimate of drug-likeness (QED) is 0.0498. The van der Waals surface area contributed by atoms with Crippen LogP contribution in [0.5, 0.6) is 0 Å². The second-order valence-electron chi connectivity index (χ2n) is 15.5. The smallest absolute Gasteiger partial charge is 0.407 e.